The highest BCUT2D eigenvalue weighted by Gasteiger charge is 2.33. The number of halogens is 2. The molecule has 0 saturated heterocycles. The topological polar surface area (TPSA) is 20.2 Å². The average Bonchev–Trinajstić information content (AvgIpc) is 1.86. The van der Waals surface area contributed by atoms with E-state index in [4.69, 9.17) is 5.11 Å². The highest BCUT2D eigenvalue weighted by molar-refractivity contribution is 4.76. The van der Waals surface area contributed by atoms with Crippen LogP contribution in [-0.4, -0.2) is 17.1 Å². The van der Waals surface area contributed by atoms with Crippen molar-refractivity contribution in [1.29, 1.82) is 0 Å². The largest absolute Gasteiger partial charge is 0.384 e. The Labute approximate surface area is 53.7 Å². The highest BCUT2D eigenvalue weighted by Crippen LogP contribution is 2.22. The van der Waals surface area contributed by atoms with Crippen LogP contribution in [0.3, 0.4) is 0 Å². The summed E-state index contributed by atoms with van der Waals surface area (Å²) in [7, 11) is 0. The second-order valence-corrected chi connectivity index (χ2v) is 2.11. The molecule has 0 unspecified atom stereocenters. The van der Waals surface area contributed by atoms with Crippen molar-refractivity contribution in [3.05, 3.63) is 0 Å². The summed E-state index contributed by atoms with van der Waals surface area (Å²) in [6.45, 7) is 3.10. The Morgan fingerprint density at radius 1 is 1.33 bits per heavy atom. The Morgan fingerprint density at radius 2 is 1.67 bits per heavy atom. The summed E-state index contributed by atoms with van der Waals surface area (Å²) >= 11 is 0. The van der Waals surface area contributed by atoms with Crippen molar-refractivity contribution in [2.24, 2.45) is 0 Å². The molecular formula is C6H12F2O. The van der Waals surface area contributed by atoms with Crippen molar-refractivity contribution < 1.29 is 13.9 Å². The van der Waals surface area contributed by atoms with Crippen molar-refractivity contribution in [3.8, 4) is 0 Å². The summed E-state index contributed by atoms with van der Waals surface area (Å²) in [6, 6.07) is 0. The van der Waals surface area contributed by atoms with Crippen LogP contribution in [0, 0.1) is 0 Å². The van der Waals surface area contributed by atoms with E-state index in [9.17, 15) is 8.78 Å². The first-order valence-electron chi connectivity index (χ1n) is 3.07. The van der Waals surface area contributed by atoms with Crippen LogP contribution in [-0.2, 0) is 0 Å². The molecule has 0 saturated carbocycles. The Hall–Kier alpha value is -0.180. The van der Waals surface area contributed by atoms with Gasteiger partial charge >= 0.3 is 0 Å². The van der Waals surface area contributed by atoms with Crippen LogP contribution in [0.5, 0.6) is 0 Å². The van der Waals surface area contributed by atoms with Gasteiger partial charge in [0.25, 0.3) is 6.43 Å². The Morgan fingerprint density at radius 3 is 1.67 bits per heavy atom. The van der Waals surface area contributed by atoms with Gasteiger partial charge in [0.1, 0.15) is 5.60 Å². The van der Waals surface area contributed by atoms with Crippen LogP contribution in [0.2, 0.25) is 0 Å². The van der Waals surface area contributed by atoms with Gasteiger partial charge in [-0.25, -0.2) is 8.78 Å². The van der Waals surface area contributed by atoms with Gasteiger partial charge in [-0.15, -0.1) is 0 Å². The minimum atomic E-state index is -2.62. The average molecular weight is 138 g/mol. The summed E-state index contributed by atoms with van der Waals surface area (Å²) in [4.78, 5) is 0. The molecule has 0 heterocycles. The number of rotatable bonds is 3. The van der Waals surface area contributed by atoms with Crippen molar-refractivity contribution in [3.63, 3.8) is 0 Å². The Balaban J connectivity index is 3.92. The molecule has 1 N–H and O–H groups in total. The van der Waals surface area contributed by atoms with Gasteiger partial charge < -0.3 is 5.11 Å². The molecule has 0 amide bonds. The minimum absolute atomic E-state index is 0.112. The molecule has 0 spiro atoms. The number of alkyl halides is 2. The molecule has 0 rings (SSSR count). The van der Waals surface area contributed by atoms with E-state index in [1.165, 1.54) is 0 Å². The van der Waals surface area contributed by atoms with Gasteiger partial charge in [-0.1, -0.05) is 13.8 Å². The van der Waals surface area contributed by atoms with Crippen LogP contribution in [0.15, 0.2) is 0 Å². The van der Waals surface area contributed by atoms with E-state index < -0.39 is 12.0 Å². The first-order chi connectivity index (χ1) is 4.06. The van der Waals surface area contributed by atoms with E-state index in [1.54, 1.807) is 13.8 Å². The van der Waals surface area contributed by atoms with Crippen molar-refractivity contribution in [1.82, 2.24) is 0 Å². The van der Waals surface area contributed by atoms with Gasteiger partial charge in [0, 0.05) is 0 Å². The van der Waals surface area contributed by atoms with Gasteiger partial charge in [0.15, 0.2) is 0 Å². The standard InChI is InChI=1S/C6H12F2O/c1-3-6(9,4-2)5(7)8/h5,9H,3-4H2,1-2H3. The quantitative estimate of drug-likeness (QED) is 0.630. The maximum Gasteiger partial charge on any atom is 0.266 e. The zero-order valence-corrected chi connectivity index (χ0v) is 5.69. The fourth-order valence-corrected chi connectivity index (χ4v) is 0.559. The highest BCUT2D eigenvalue weighted by atomic mass is 19.3. The first kappa shape index (κ1) is 8.82. The predicted molar refractivity (Wildman–Crippen MR) is 31.5 cm³/mol. The fourth-order valence-electron chi connectivity index (χ4n) is 0.559. The fraction of sp³-hybridized carbons (Fsp3) is 1.00. The lowest BCUT2D eigenvalue weighted by Gasteiger charge is -2.23. The zero-order valence-electron chi connectivity index (χ0n) is 5.69. The van der Waals surface area contributed by atoms with E-state index >= 15 is 0 Å². The molecule has 0 aromatic carbocycles. The number of hydrogen-bond donors (Lipinski definition) is 1. The minimum Gasteiger partial charge on any atom is -0.384 e. The van der Waals surface area contributed by atoms with Gasteiger partial charge in [0.05, 0.1) is 0 Å². The molecule has 0 aromatic heterocycles. The maximum absolute atomic E-state index is 11.8. The van der Waals surface area contributed by atoms with Crippen LogP contribution >= 0.6 is 0 Å². The maximum atomic E-state index is 11.8. The van der Waals surface area contributed by atoms with Crippen molar-refractivity contribution in [2.45, 2.75) is 38.7 Å². The number of hydrogen-bond acceptors (Lipinski definition) is 1. The first-order valence-corrected chi connectivity index (χ1v) is 3.07. The van der Waals surface area contributed by atoms with Crippen LogP contribution in [0.4, 0.5) is 8.78 Å². The SMILES string of the molecule is CCC(O)(CC)C(F)F. The zero-order chi connectivity index (χ0) is 7.49. The molecule has 0 fully saturated rings. The van der Waals surface area contributed by atoms with Crippen molar-refractivity contribution >= 4 is 0 Å². The smallest absolute Gasteiger partial charge is 0.266 e. The molecule has 0 aliphatic heterocycles. The summed E-state index contributed by atoms with van der Waals surface area (Å²) in [5, 5.41) is 8.96. The van der Waals surface area contributed by atoms with E-state index in [2.05, 4.69) is 0 Å². The Bertz CT molecular complexity index is 79.1. The van der Waals surface area contributed by atoms with Crippen LogP contribution in [0.1, 0.15) is 26.7 Å². The summed E-state index contributed by atoms with van der Waals surface area (Å²) in [5.74, 6) is 0. The van der Waals surface area contributed by atoms with Gasteiger partial charge in [-0.3, -0.25) is 0 Å². The monoisotopic (exact) mass is 138 g/mol. The molecule has 3 heteroatoms. The lowest BCUT2D eigenvalue weighted by atomic mass is 9.99. The lowest BCUT2D eigenvalue weighted by molar-refractivity contribution is -0.0999. The molecule has 0 aliphatic rings. The Kier molecular flexibility index (Phi) is 3.04. The molecule has 56 valence electrons. The molecule has 0 bridgehead atoms. The van der Waals surface area contributed by atoms with E-state index in [0.717, 1.165) is 0 Å². The van der Waals surface area contributed by atoms with Gasteiger partial charge in [0.2, 0.25) is 0 Å². The molecule has 9 heavy (non-hydrogen) atoms. The van der Waals surface area contributed by atoms with E-state index in [0.29, 0.717) is 0 Å². The third-order valence-electron chi connectivity index (χ3n) is 1.63. The number of aliphatic hydroxyl groups is 1. The second kappa shape index (κ2) is 3.11. The molecule has 0 radical (unpaired) electrons. The summed E-state index contributed by atoms with van der Waals surface area (Å²) in [5.41, 5.74) is -1.75. The molecule has 0 aromatic rings. The molecule has 0 atom stereocenters. The van der Waals surface area contributed by atoms with E-state index in [-0.39, 0.29) is 12.8 Å². The molecule has 0 aliphatic carbocycles. The summed E-state index contributed by atoms with van der Waals surface area (Å²) in [6.07, 6.45) is -2.39. The predicted octanol–water partition coefficient (Wildman–Crippen LogP) is 1.80. The van der Waals surface area contributed by atoms with Gasteiger partial charge in [-0.2, -0.15) is 0 Å². The van der Waals surface area contributed by atoms with Crippen LogP contribution in [0.25, 0.3) is 0 Å². The van der Waals surface area contributed by atoms with Crippen LogP contribution < -0.4 is 0 Å². The van der Waals surface area contributed by atoms with E-state index in [1.807, 2.05) is 0 Å². The third kappa shape index (κ3) is 1.90. The molecular weight excluding hydrogens is 126 g/mol. The lowest BCUT2D eigenvalue weighted by Crippen LogP contribution is -2.35. The second-order valence-electron chi connectivity index (χ2n) is 2.11. The normalized spacial score (nSPS) is 12.7. The molecule has 1 nitrogen and oxygen atoms in total. The van der Waals surface area contributed by atoms with Gasteiger partial charge in [-0.05, 0) is 12.8 Å². The third-order valence-corrected chi connectivity index (χ3v) is 1.63. The summed E-state index contributed by atoms with van der Waals surface area (Å²) < 4.78 is 23.7. The van der Waals surface area contributed by atoms with Crippen molar-refractivity contribution in [2.75, 3.05) is 0 Å².